The van der Waals surface area contributed by atoms with E-state index >= 15 is 0 Å². The van der Waals surface area contributed by atoms with Crippen molar-refractivity contribution in [3.05, 3.63) is 57.1 Å². The van der Waals surface area contributed by atoms with Crippen molar-refractivity contribution in [2.24, 2.45) is 0 Å². The molecule has 0 atom stereocenters. The fourth-order valence-electron chi connectivity index (χ4n) is 2.01. The van der Waals surface area contributed by atoms with Crippen LogP contribution in [-0.2, 0) is 9.53 Å². The summed E-state index contributed by atoms with van der Waals surface area (Å²) in [6, 6.07) is 7.97. The first-order valence-corrected chi connectivity index (χ1v) is 7.54. The lowest BCUT2D eigenvalue weighted by Gasteiger charge is -2.11. The Labute approximate surface area is 152 Å². The number of hydrogen-bond donors (Lipinski definition) is 2. The van der Waals surface area contributed by atoms with E-state index in [9.17, 15) is 19.7 Å². The molecule has 0 heterocycles. The van der Waals surface area contributed by atoms with Gasteiger partial charge in [-0.05, 0) is 24.3 Å². The first kappa shape index (κ1) is 19.0. The Hall–Kier alpha value is -3.33. The van der Waals surface area contributed by atoms with E-state index < -0.39 is 23.4 Å². The van der Waals surface area contributed by atoms with E-state index in [1.54, 1.807) is 0 Å². The summed E-state index contributed by atoms with van der Waals surface area (Å²) in [6.07, 6.45) is 0. The Balaban J connectivity index is 2.05. The molecule has 0 aromatic heterocycles. The van der Waals surface area contributed by atoms with Crippen LogP contribution in [0.25, 0.3) is 0 Å². The van der Waals surface area contributed by atoms with Crippen molar-refractivity contribution in [2.75, 3.05) is 24.8 Å². The molecule has 10 heteroatoms. The van der Waals surface area contributed by atoms with Crippen molar-refractivity contribution in [2.45, 2.75) is 0 Å². The standard InChI is InChI=1S/C16H14ClN3O6/c1-25-14-5-3-10(20(23)24)7-13(14)19-15(21)8-26-16(22)11-6-9(17)2-4-12(11)18/h2-7H,8,18H2,1H3,(H,19,21). The first-order valence-electron chi connectivity index (χ1n) is 7.16. The van der Waals surface area contributed by atoms with E-state index in [1.807, 2.05) is 0 Å². The molecular formula is C16H14ClN3O6. The zero-order valence-corrected chi connectivity index (χ0v) is 14.3. The van der Waals surface area contributed by atoms with Crippen LogP contribution in [0.5, 0.6) is 5.75 Å². The number of nitrogens with one attached hydrogen (secondary N) is 1. The fourth-order valence-corrected chi connectivity index (χ4v) is 2.18. The lowest BCUT2D eigenvalue weighted by Crippen LogP contribution is -2.21. The number of esters is 1. The summed E-state index contributed by atoms with van der Waals surface area (Å²) < 4.78 is 9.91. The molecule has 136 valence electrons. The first-order chi connectivity index (χ1) is 12.3. The van der Waals surface area contributed by atoms with Crippen molar-refractivity contribution in [3.8, 4) is 5.75 Å². The second-order valence-electron chi connectivity index (χ2n) is 5.00. The van der Waals surface area contributed by atoms with Crippen molar-refractivity contribution >= 4 is 40.5 Å². The van der Waals surface area contributed by atoms with Crippen LogP contribution in [0, 0.1) is 10.1 Å². The van der Waals surface area contributed by atoms with Crippen LogP contribution in [0.1, 0.15) is 10.4 Å². The highest BCUT2D eigenvalue weighted by molar-refractivity contribution is 6.31. The van der Waals surface area contributed by atoms with Gasteiger partial charge in [0, 0.05) is 22.8 Å². The van der Waals surface area contributed by atoms with Gasteiger partial charge in [-0.1, -0.05) is 11.6 Å². The average Bonchev–Trinajstić information content (AvgIpc) is 2.61. The summed E-state index contributed by atoms with van der Waals surface area (Å²) in [6.45, 7) is -0.628. The number of non-ortho nitro benzene ring substituents is 1. The van der Waals surface area contributed by atoms with Crippen molar-refractivity contribution in [1.82, 2.24) is 0 Å². The highest BCUT2D eigenvalue weighted by Crippen LogP contribution is 2.28. The maximum absolute atomic E-state index is 12.0. The minimum absolute atomic E-state index is 0.0261. The molecule has 0 unspecified atom stereocenters. The van der Waals surface area contributed by atoms with Gasteiger partial charge in [0.25, 0.3) is 11.6 Å². The van der Waals surface area contributed by atoms with Crippen molar-refractivity contribution in [1.29, 1.82) is 0 Å². The van der Waals surface area contributed by atoms with Gasteiger partial charge in [-0.15, -0.1) is 0 Å². The molecule has 0 radical (unpaired) electrons. The fraction of sp³-hybridized carbons (Fsp3) is 0.125. The molecule has 0 bridgehead atoms. The number of nitrogen functional groups attached to an aromatic ring is 1. The van der Waals surface area contributed by atoms with Gasteiger partial charge in [0.1, 0.15) is 5.75 Å². The number of rotatable bonds is 6. The molecule has 0 aliphatic carbocycles. The minimum atomic E-state index is -0.828. The Bertz CT molecular complexity index is 871. The molecule has 2 rings (SSSR count). The zero-order chi connectivity index (χ0) is 19.3. The lowest BCUT2D eigenvalue weighted by molar-refractivity contribution is -0.384. The summed E-state index contributed by atoms with van der Waals surface area (Å²) in [7, 11) is 1.35. The number of hydrogen-bond acceptors (Lipinski definition) is 7. The van der Waals surface area contributed by atoms with Gasteiger partial charge < -0.3 is 20.5 Å². The second kappa shape index (κ2) is 8.17. The topological polar surface area (TPSA) is 134 Å². The molecule has 0 saturated heterocycles. The third kappa shape index (κ3) is 4.61. The molecule has 2 aromatic carbocycles. The number of carbonyl (C=O) groups excluding carboxylic acids is 2. The Morgan fingerprint density at radius 3 is 2.65 bits per heavy atom. The smallest absolute Gasteiger partial charge is 0.340 e. The molecule has 26 heavy (non-hydrogen) atoms. The van der Waals surface area contributed by atoms with E-state index in [4.69, 9.17) is 26.8 Å². The molecule has 9 nitrogen and oxygen atoms in total. The number of nitro benzene ring substituents is 1. The summed E-state index contributed by atoms with van der Waals surface area (Å²) in [5, 5.41) is 13.5. The Morgan fingerprint density at radius 1 is 1.27 bits per heavy atom. The van der Waals surface area contributed by atoms with Gasteiger partial charge in [-0.3, -0.25) is 14.9 Å². The number of halogens is 1. The number of ether oxygens (including phenoxy) is 2. The molecule has 0 saturated carbocycles. The monoisotopic (exact) mass is 379 g/mol. The maximum Gasteiger partial charge on any atom is 0.340 e. The molecule has 3 N–H and O–H groups in total. The number of benzene rings is 2. The van der Waals surface area contributed by atoms with Gasteiger partial charge >= 0.3 is 5.97 Å². The van der Waals surface area contributed by atoms with Crippen LogP contribution in [0.4, 0.5) is 17.1 Å². The summed E-state index contributed by atoms with van der Waals surface area (Å²) in [5.74, 6) is -1.32. The highest BCUT2D eigenvalue weighted by Gasteiger charge is 2.17. The Morgan fingerprint density at radius 2 is 2.00 bits per heavy atom. The lowest BCUT2D eigenvalue weighted by atomic mass is 10.2. The van der Waals surface area contributed by atoms with Crippen LogP contribution in [0.2, 0.25) is 5.02 Å². The number of nitrogens with two attached hydrogens (primary N) is 1. The maximum atomic E-state index is 12.0. The minimum Gasteiger partial charge on any atom is -0.495 e. The van der Waals surface area contributed by atoms with Gasteiger partial charge in [0.15, 0.2) is 6.61 Å². The van der Waals surface area contributed by atoms with Crippen LogP contribution in [0.15, 0.2) is 36.4 Å². The number of nitrogens with zero attached hydrogens (tertiary/aromatic N) is 1. The molecule has 0 fully saturated rings. The van der Waals surface area contributed by atoms with E-state index in [1.165, 1.54) is 37.4 Å². The Kier molecular flexibility index (Phi) is 5.97. The van der Waals surface area contributed by atoms with Gasteiger partial charge in [-0.2, -0.15) is 0 Å². The molecule has 0 aliphatic rings. The van der Waals surface area contributed by atoms with Crippen LogP contribution < -0.4 is 15.8 Å². The third-order valence-electron chi connectivity index (χ3n) is 3.24. The average molecular weight is 380 g/mol. The van der Waals surface area contributed by atoms with Crippen molar-refractivity contribution in [3.63, 3.8) is 0 Å². The second-order valence-corrected chi connectivity index (χ2v) is 5.43. The third-order valence-corrected chi connectivity index (χ3v) is 3.47. The van der Waals surface area contributed by atoms with E-state index in [0.29, 0.717) is 0 Å². The summed E-state index contributed by atoms with van der Waals surface area (Å²) in [5.41, 5.74) is 5.68. The number of anilines is 2. The van der Waals surface area contributed by atoms with Gasteiger partial charge in [-0.25, -0.2) is 4.79 Å². The molecule has 2 aromatic rings. The highest BCUT2D eigenvalue weighted by atomic mass is 35.5. The quantitative estimate of drug-likeness (QED) is 0.341. The van der Waals surface area contributed by atoms with E-state index in [0.717, 1.165) is 6.07 Å². The van der Waals surface area contributed by atoms with E-state index in [2.05, 4.69) is 5.32 Å². The predicted molar refractivity (Wildman–Crippen MR) is 94.4 cm³/mol. The summed E-state index contributed by atoms with van der Waals surface area (Å²) >= 11 is 5.79. The largest absolute Gasteiger partial charge is 0.495 e. The zero-order valence-electron chi connectivity index (χ0n) is 13.5. The number of carbonyl (C=O) groups is 2. The van der Waals surface area contributed by atoms with Crippen LogP contribution >= 0.6 is 11.6 Å². The van der Waals surface area contributed by atoms with Crippen LogP contribution in [-0.4, -0.2) is 30.5 Å². The normalized spacial score (nSPS) is 10.1. The van der Waals surface area contributed by atoms with E-state index in [-0.39, 0.29) is 33.4 Å². The van der Waals surface area contributed by atoms with Crippen LogP contribution in [0.3, 0.4) is 0 Å². The van der Waals surface area contributed by atoms with Crippen molar-refractivity contribution < 1.29 is 24.0 Å². The number of amides is 1. The summed E-state index contributed by atoms with van der Waals surface area (Å²) in [4.78, 5) is 34.2. The number of nitro groups is 1. The molecule has 0 aliphatic heterocycles. The van der Waals surface area contributed by atoms with Gasteiger partial charge in [0.2, 0.25) is 0 Å². The van der Waals surface area contributed by atoms with Gasteiger partial charge in [0.05, 0.1) is 23.3 Å². The molecule has 1 amide bonds. The SMILES string of the molecule is COc1ccc([N+](=O)[O-])cc1NC(=O)COC(=O)c1cc(Cl)ccc1N. The molecular weight excluding hydrogens is 366 g/mol. The molecule has 0 spiro atoms. The number of methoxy groups -OCH3 is 1. The predicted octanol–water partition coefficient (Wildman–Crippen LogP) is 2.63.